The summed E-state index contributed by atoms with van der Waals surface area (Å²) in [5.74, 6) is 0. The standard InChI is InChI=1S/C8H16BNO2/c1-5(2)11-4-7-6(10)3-8(9)12-7/h5-8H,3-4,10H2,1-2H3/p+1/t6?,7-,8-/m1/s1. The maximum atomic E-state index is 5.60. The van der Waals surface area contributed by atoms with Gasteiger partial charge < -0.3 is 15.2 Å². The van der Waals surface area contributed by atoms with Crippen LogP contribution < -0.4 is 5.73 Å². The first-order valence-electron chi connectivity index (χ1n) is 4.45. The molecule has 1 saturated heterocycles. The minimum Gasteiger partial charge on any atom is -0.376 e. The molecule has 1 fully saturated rings. The van der Waals surface area contributed by atoms with Crippen molar-refractivity contribution in [1.82, 2.24) is 0 Å². The molecule has 1 heterocycles. The van der Waals surface area contributed by atoms with E-state index in [2.05, 4.69) is 5.73 Å². The summed E-state index contributed by atoms with van der Waals surface area (Å²) in [5.41, 5.74) is 3.96. The Labute approximate surface area is 75.0 Å². The molecule has 0 saturated carbocycles. The Morgan fingerprint density at radius 1 is 1.67 bits per heavy atom. The van der Waals surface area contributed by atoms with E-state index < -0.39 is 0 Å². The number of hydrogen-bond acceptors (Lipinski definition) is 2. The summed E-state index contributed by atoms with van der Waals surface area (Å²) in [6, 6.07) is 0.131. The predicted molar refractivity (Wildman–Crippen MR) is 46.8 cm³/mol. The second kappa shape index (κ2) is 4.26. The highest BCUT2D eigenvalue weighted by molar-refractivity contribution is 6.11. The molecule has 0 aromatic rings. The molecule has 0 amide bonds. The van der Waals surface area contributed by atoms with Gasteiger partial charge in [0, 0.05) is 12.4 Å². The van der Waals surface area contributed by atoms with Crippen molar-refractivity contribution in [2.24, 2.45) is 0 Å². The van der Waals surface area contributed by atoms with E-state index in [0.29, 0.717) is 6.61 Å². The summed E-state index contributed by atoms with van der Waals surface area (Å²) in [7, 11) is 5.60. The zero-order chi connectivity index (χ0) is 9.14. The molecule has 0 aromatic heterocycles. The molecule has 68 valence electrons. The van der Waals surface area contributed by atoms with Crippen LogP contribution in [0.2, 0.25) is 0 Å². The minimum absolute atomic E-state index is 0.0856. The second-order valence-electron chi connectivity index (χ2n) is 3.59. The van der Waals surface area contributed by atoms with Crippen molar-refractivity contribution in [2.75, 3.05) is 6.61 Å². The molecule has 0 aromatic carbocycles. The van der Waals surface area contributed by atoms with E-state index in [1.54, 1.807) is 0 Å². The lowest BCUT2D eigenvalue weighted by atomic mass is 9.95. The van der Waals surface area contributed by atoms with Crippen LogP contribution >= 0.6 is 0 Å². The van der Waals surface area contributed by atoms with Crippen LogP contribution in [0.4, 0.5) is 0 Å². The highest BCUT2D eigenvalue weighted by Gasteiger charge is 2.32. The van der Waals surface area contributed by atoms with Gasteiger partial charge in [-0.15, -0.1) is 0 Å². The third-order valence-electron chi connectivity index (χ3n) is 2.00. The fraction of sp³-hybridized carbons (Fsp3) is 1.00. The average Bonchev–Trinajstić information content (AvgIpc) is 2.26. The van der Waals surface area contributed by atoms with Crippen molar-refractivity contribution < 1.29 is 15.2 Å². The van der Waals surface area contributed by atoms with E-state index >= 15 is 0 Å². The third kappa shape index (κ3) is 2.77. The predicted octanol–water partition coefficient (Wildman–Crippen LogP) is -0.695. The zero-order valence-corrected chi connectivity index (χ0v) is 7.82. The molecule has 0 aliphatic carbocycles. The van der Waals surface area contributed by atoms with E-state index in [-0.39, 0.29) is 24.3 Å². The van der Waals surface area contributed by atoms with Crippen molar-refractivity contribution in [3.8, 4) is 0 Å². The Bertz CT molecular complexity index is 143. The molecule has 3 atom stereocenters. The summed E-state index contributed by atoms with van der Waals surface area (Å²) in [5, 5.41) is 0. The fourth-order valence-electron chi connectivity index (χ4n) is 1.30. The van der Waals surface area contributed by atoms with E-state index in [0.717, 1.165) is 6.42 Å². The highest BCUT2D eigenvalue weighted by atomic mass is 16.5. The van der Waals surface area contributed by atoms with Gasteiger partial charge in [-0.3, -0.25) is 0 Å². The molecule has 4 heteroatoms. The lowest BCUT2D eigenvalue weighted by Crippen LogP contribution is -2.65. The molecule has 12 heavy (non-hydrogen) atoms. The van der Waals surface area contributed by atoms with E-state index in [4.69, 9.17) is 17.3 Å². The van der Waals surface area contributed by atoms with Gasteiger partial charge >= 0.3 is 0 Å². The molecular weight excluding hydrogens is 153 g/mol. The first-order valence-corrected chi connectivity index (χ1v) is 4.45. The van der Waals surface area contributed by atoms with Crippen LogP contribution in [0.25, 0.3) is 0 Å². The minimum atomic E-state index is -0.145. The second-order valence-corrected chi connectivity index (χ2v) is 3.59. The lowest BCUT2D eigenvalue weighted by Gasteiger charge is -2.15. The van der Waals surface area contributed by atoms with Crippen molar-refractivity contribution in [3.05, 3.63) is 0 Å². The van der Waals surface area contributed by atoms with Gasteiger partial charge in [-0.05, 0) is 13.8 Å². The molecule has 1 aliphatic heterocycles. The average molecular weight is 170 g/mol. The Hall–Kier alpha value is -0.0551. The number of quaternary nitrogens is 1. The van der Waals surface area contributed by atoms with Gasteiger partial charge in [0.05, 0.1) is 12.7 Å². The smallest absolute Gasteiger partial charge is 0.132 e. The zero-order valence-electron chi connectivity index (χ0n) is 7.82. The van der Waals surface area contributed by atoms with E-state index in [1.165, 1.54) is 0 Å². The monoisotopic (exact) mass is 170 g/mol. The largest absolute Gasteiger partial charge is 0.376 e. The van der Waals surface area contributed by atoms with Gasteiger partial charge in [-0.1, -0.05) is 0 Å². The summed E-state index contributed by atoms with van der Waals surface area (Å²) in [6.07, 6.45) is 1.17. The summed E-state index contributed by atoms with van der Waals surface area (Å²) >= 11 is 0. The molecule has 0 bridgehead atoms. The van der Waals surface area contributed by atoms with Gasteiger partial charge in [-0.2, -0.15) is 0 Å². The maximum absolute atomic E-state index is 5.60. The summed E-state index contributed by atoms with van der Waals surface area (Å²) in [4.78, 5) is 0. The molecule has 1 aliphatic rings. The summed E-state index contributed by atoms with van der Waals surface area (Å²) < 4.78 is 10.8. The maximum Gasteiger partial charge on any atom is 0.132 e. The number of hydrogen-bond donors (Lipinski definition) is 1. The molecule has 0 spiro atoms. The SMILES string of the molecule is [B][C@H]1CC([NH3+])[C@@H](COC(C)C)O1. The van der Waals surface area contributed by atoms with Crippen LogP contribution in [-0.2, 0) is 9.47 Å². The van der Waals surface area contributed by atoms with Crippen molar-refractivity contribution in [1.29, 1.82) is 0 Å². The van der Waals surface area contributed by atoms with Crippen molar-refractivity contribution >= 4 is 7.85 Å². The molecule has 1 unspecified atom stereocenters. The fourth-order valence-corrected chi connectivity index (χ4v) is 1.30. The quantitative estimate of drug-likeness (QED) is 0.569. The van der Waals surface area contributed by atoms with Crippen molar-refractivity contribution in [2.45, 2.75) is 44.5 Å². The van der Waals surface area contributed by atoms with Gasteiger partial charge in [0.2, 0.25) is 0 Å². The van der Waals surface area contributed by atoms with E-state index in [9.17, 15) is 0 Å². The summed E-state index contributed by atoms with van der Waals surface area (Å²) in [6.45, 7) is 4.62. The first-order chi connectivity index (χ1) is 5.59. The van der Waals surface area contributed by atoms with Crippen LogP contribution in [-0.4, -0.2) is 38.7 Å². The van der Waals surface area contributed by atoms with E-state index in [1.807, 2.05) is 13.8 Å². The molecule has 1 rings (SSSR count). The molecule has 3 N–H and O–H groups in total. The van der Waals surface area contributed by atoms with Gasteiger partial charge in [0.1, 0.15) is 20.0 Å². The van der Waals surface area contributed by atoms with Crippen LogP contribution in [0.3, 0.4) is 0 Å². The Morgan fingerprint density at radius 3 is 2.75 bits per heavy atom. The van der Waals surface area contributed by atoms with Crippen LogP contribution in [0.15, 0.2) is 0 Å². The van der Waals surface area contributed by atoms with Crippen LogP contribution in [0.1, 0.15) is 20.3 Å². The Kier molecular flexibility index (Phi) is 3.56. The Morgan fingerprint density at radius 2 is 2.33 bits per heavy atom. The van der Waals surface area contributed by atoms with Crippen LogP contribution in [0, 0.1) is 0 Å². The topological polar surface area (TPSA) is 46.1 Å². The number of ether oxygens (including phenoxy) is 2. The molecule has 3 nitrogen and oxygen atoms in total. The first kappa shape index (κ1) is 10.0. The third-order valence-corrected chi connectivity index (χ3v) is 2.00. The number of rotatable bonds is 3. The Balaban J connectivity index is 2.23. The van der Waals surface area contributed by atoms with Gasteiger partial charge in [0.15, 0.2) is 0 Å². The van der Waals surface area contributed by atoms with Crippen molar-refractivity contribution in [3.63, 3.8) is 0 Å². The molecule has 2 radical (unpaired) electrons. The van der Waals surface area contributed by atoms with Gasteiger partial charge in [-0.25, -0.2) is 0 Å². The van der Waals surface area contributed by atoms with Gasteiger partial charge in [0.25, 0.3) is 0 Å². The lowest BCUT2D eigenvalue weighted by molar-refractivity contribution is -0.428. The highest BCUT2D eigenvalue weighted by Crippen LogP contribution is 2.15. The molecular formula is C8H17BNO2+. The normalized spacial score (nSPS) is 36.2. The van der Waals surface area contributed by atoms with Crippen LogP contribution in [0.5, 0.6) is 0 Å².